The number of carbonyl (C=O) groups excluding carboxylic acids is 1. The van der Waals surface area contributed by atoms with E-state index in [4.69, 9.17) is 18.9 Å². The van der Waals surface area contributed by atoms with E-state index < -0.39 is 0 Å². The van der Waals surface area contributed by atoms with Crippen molar-refractivity contribution in [2.75, 3.05) is 20.3 Å². The molecule has 1 unspecified atom stereocenters. The van der Waals surface area contributed by atoms with Crippen LogP contribution in [0.1, 0.15) is 35.2 Å². The lowest BCUT2D eigenvalue weighted by molar-refractivity contribution is -0.155. The predicted octanol–water partition coefficient (Wildman–Crippen LogP) is 2.75. The van der Waals surface area contributed by atoms with E-state index in [0.29, 0.717) is 23.7 Å². The number of methoxy groups -OCH3 is 1. The van der Waals surface area contributed by atoms with Crippen LogP contribution in [0.15, 0.2) is 24.3 Å². The average Bonchev–Trinajstić information content (AvgIpc) is 2.84. The summed E-state index contributed by atoms with van der Waals surface area (Å²) in [5.41, 5.74) is 1.29. The average molecular weight is 290 g/mol. The number of fused-ring (bicyclic) bond motifs is 1. The molecule has 1 aromatic carbocycles. The number of ether oxygens (including phenoxy) is 4. The zero-order chi connectivity index (χ0) is 14.7. The van der Waals surface area contributed by atoms with E-state index in [0.717, 1.165) is 31.4 Å². The highest BCUT2D eigenvalue weighted by Gasteiger charge is 2.26. The lowest BCUT2D eigenvalue weighted by Gasteiger charge is -2.21. The maximum absolute atomic E-state index is 11.8. The van der Waals surface area contributed by atoms with Gasteiger partial charge in [0.1, 0.15) is 11.5 Å². The van der Waals surface area contributed by atoms with E-state index in [1.165, 1.54) is 0 Å². The van der Waals surface area contributed by atoms with Gasteiger partial charge in [-0.3, -0.25) is 0 Å². The van der Waals surface area contributed by atoms with Crippen molar-refractivity contribution in [2.24, 2.45) is 0 Å². The first-order valence-electron chi connectivity index (χ1n) is 7.12. The van der Waals surface area contributed by atoms with Crippen LogP contribution in [-0.4, -0.2) is 32.6 Å². The molecule has 1 aromatic rings. The second kappa shape index (κ2) is 6.28. The van der Waals surface area contributed by atoms with Gasteiger partial charge in [-0.2, -0.15) is 0 Å². The number of cyclic esters (lactones) is 1. The maximum atomic E-state index is 11.8. The molecule has 0 saturated carbocycles. The standard InChI is InChI=1S/C16H18O5/c1-18-11-5-6-12-13(10-11)16(17)21-14(12)7-9-20-15-4-2-3-8-19-15/h5-7,10,15H,2-4,8-9H2,1H3/b14-7+. The zero-order valence-electron chi connectivity index (χ0n) is 12.0. The van der Waals surface area contributed by atoms with Gasteiger partial charge in [0, 0.05) is 12.2 Å². The Balaban J connectivity index is 1.67. The minimum Gasteiger partial charge on any atom is -0.497 e. The number of rotatable bonds is 4. The molecular weight excluding hydrogens is 272 g/mol. The molecule has 21 heavy (non-hydrogen) atoms. The summed E-state index contributed by atoms with van der Waals surface area (Å²) < 4.78 is 21.5. The number of hydrogen-bond donors (Lipinski definition) is 0. The van der Waals surface area contributed by atoms with Crippen molar-refractivity contribution < 1.29 is 23.7 Å². The summed E-state index contributed by atoms with van der Waals surface area (Å²) in [4.78, 5) is 11.8. The van der Waals surface area contributed by atoms with Gasteiger partial charge in [-0.1, -0.05) is 0 Å². The first-order chi connectivity index (χ1) is 10.3. The molecule has 0 aromatic heterocycles. The molecule has 0 N–H and O–H groups in total. The summed E-state index contributed by atoms with van der Waals surface area (Å²) in [5.74, 6) is 0.816. The Kier molecular flexibility index (Phi) is 4.22. The van der Waals surface area contributed by atoms with Gasteiger partial charge in [-0.25, -0.2) is 4.79 Å². The number of esters is 1. The first kappa shape index (κ1) is 14.1. The van der Waals surface area contributed by atoms with Crippen LogP contribution < -0.4 is 4.74 Å². The molecule has 2 aliphatic rings. The second-order valence-corrected chi connectivity index (χ2v) is 5.00. The number of benzene rings is 1. The van der Waals surface area contributed by atoms with Gasteiger partial charge >= 0.3 is 5.97 Å². The van der Waals surface area contributed by atoms with Crippen molar-refractivity contribution in [3.05, 3.63) is 35.4 Å². The van der Waals surface area contributed by atoms with Crippen LogP contribution in [-0.2, 0) is 14.2 Å². The highest BCUT2D eigenvalue weighted by atomic mass is 16.7. The fraction of sp³-hybridized carbons (Fsp3) is 0.438. The molecule has 2 heterocycles. The van der Waals surface area contributed by atoms with Crippen molar-refractivity contribution in [3.8, 4) is 5.75 Å². The molecular formula is C16H18O5. The van der Waals surface area contributed by atoms with Crippen LogP contribution in [0.2, 0.25) is 0 Å². The lowest BCUT2D eigenvalue weighted by atomic mass is 10.1. The Bertz CT molecular complexity index is 558. The lowest BCUT2D eigenvalue weighted by Crippen LogP contribution is -2.22. The summed E-state index contributed by atoms with van der Waals surface area (Å²) >= 11 is 0. The third kappa shape index (κ3) is 3.09. The first-order valence-corrected chi connectivity index (χ1v) is 7.12. The van der Waals surface area contributed by atoms with Crippen molar-refractivity contribution in [1.29, 1.82) is 0 Å². The number of carbonyl (C=O) groups is 1. The molecule has 2 aliphatic heterocycles. The molecule has 112 valence electrons. The Labute approximate surface area is 123 Å². The van der Waals surface area contributed by atoms with Crippen molar-refractivity contribution in [2.45, 2.75) is 25.6 Å². The Hall–Kier alpha value is -1.85. The molecule has 3 rings (SSSR count). The van der Waals surface area contributed by atoms with Gasteiger partial charge in [-0.05, 0) is 43.5 Å². The van der Waals surface area contributed by atoms with Crippen LogP contribution in [0, 0.1) is 0 Å². The molecule has 5 nitrogen and oxygen atoms in total. The van der Waals surface area contributed by atoms with Crippen molar-refractivity contribution in [1.82, 2.24) is 0 Å². The smallest absolute Gasteiger partial charge is 0.344 e. The molecule has 5 heteroatoms. The molecule has 0 amide bonds. The molecule has 1 atom stereocenters. The fourth-order valence-corrected chi connectivity index (χ4v) is 2.47. The molecule has 0 spiro atoms. The molecule has 1 saturated heterocycles. The third-order valence-electron chi connectivity index (χ3n) is 3.60. The normalized spacial score (nSPS) is 23.0. The summed E-state index contributed by atoms with van der Waals surface area (Å²) in [7, 11) is 1.57. The molecule has 0 aliphatic carbocycles. The van der Waals surface area contributed by atoms with Gasteiger partial charge in [-0.15, -0.1) is 0 Å². The molecule has 1 fully saturated rings. The van der Waals surface area contributed by atoms with Crippen LogP contribution in [0.3, 0.4) is 0 Å². The van der Waals surface area contributed by atoms with Gasteiger partial charge in [0.2, 0.25) is 0 Å². The minimum atomic E-state index is -0.357. The monoisotopic (exact) mass is 290 g/mol. The second-order valence-electron chi connectivity index (χ2n) is 5.00. The SMILES string of the molecule is COc1ccc2c(c1)C(=O)O/C2=C/COC1CCCCO1. The van der Waals surface area contributed by atoms with E-state index in [9.17, 15) is 4.79 Å². The van der Waals surface area contributed by atoms with Gasteiger partial charge < -0.3 is 18.9 Å². The van der Waals surface area contributed by atoms with Crippen molar-refractivity contribution in [3.63, 3.8) is 0 Å². The maximum Gasteiger partial charge on any atom is 0.344 e. The topological polar surface area (TPSA) is 54.0 Å². The highest BCUT2D eigenvalue weighted by molar-refractivity contribution is 6.03. The largest absolute Gasteiger partial charge is 0.497 e. The summed E-state index contributed by atoms with van der Waals surface area (Å²) in [6.45, 7) is 1.11. The van der Waals surface area contributed by atoms with Crippen LogP contribution in [0.25, 0.3) is 5.76 Å². The summed E-state index contributed by atoms with van der Waals surface area (Å²) in [5, 5.41) is 0. The zero-order valence-corrected chi connectivity index (χ0v) is 12.0. The fourth-order valence-electron chi connectivity index (χ4n) is 2.47. The van der Waals surface area contributed by atoms with E-state index in [-0.39, 0.29) is 12.3 Å². The molecule has 0 bridgehead atoms. The summed E-state index contributed by atoms with van der Waals surface area (Å²) in [6, 6.07) is 5.31. The molecule has 0 radical (unpaired) electrons. The van der Waals surface area contributed by atoms with E-state index in [1.54, 1.807) is 25.3 Å². The minimum absolute atomic E-state index is 0.150. The Morgan fingerprint density at radius 2 is 2.24 bits per heavy atom. The van der Waals surface area contributed by atoms with Gasteiger partial charge in [0.25, 0.3) is 0 Å². The number of hydrogen-bond acceptors (Lipinski definition) is 5. The van der Waals surface area contributed by atoms with E-state index >= 15 is 0 Å². The summed E-state index contributed by atoms with van der Waals surface area (Å²) in [6.07, 6.45) is 4.75. The van der Waals surface area contributed by atoms with Crippen LogP contribution in [0.4, 0.5) is 0 Å². The van der Waals surface area contributed by atoms with Gasteiger partial charge in [0.05, 0.1) is 19.3 Å². The Morgan fingerprint density at radius 1 is 1.33 bits per heavy atom. The third-order valence-corrected chi connectivity index (χ3v) is 3.60. The van der Waals surface area contributed by atoms with E-state index in [2.05, 4.69) is 0 Å². The van der Waals surface area contributed by atoms with Crippen molar-refractivity contribution >= 4 is 11.7 Å². The predicted molar refractivity (Wildman–Crippen MR) is 75.9 cm³/mol. The van der Waals surface area contributed by atoms with Crippen LogP contribution >= 0.6 is 0 Å². The quantitative estimate of drug-likeness (QED) is 0.798. The van der Waals surface area contributed by atoms with Crippen LogP contribution in [0.5, 0.6) is 5.75 Å². The van der Waals surface area contributed by atoms with Gasteiger partial charge in [0.15, 0.2) is 6.29 Å². The Morgan fingerprint density at radius 3 is 3.00 bits per heavy atom. The highest BCUT2D eigenvalue weighted by Crippen LogP contribution is 2.32. The van der Waals surface area contributed by atoms with E-state index in [1.807, 2.05) is 6.07 Å².